The van der Waals surface area contributed by atoms with Gasteiger partial charge in [-0.25, -0.2) is 18.4 Å². The second-order valence-electron chi connectivity index (χ2n) is 8.91. The lowest BCUT2D eigenvalue weighted by molar-refractivity contribution is 0.196. The molecule has 1 aliphatic rings. The maximum absolute atomic E-state index is 13.4. The summed E-state index contributed by atoms with van der Waals surface area (Å²) in [5.74, 6) is 0.414. The molecule has 1 N–H and O–H groups in total. The first-order chi connectivity index (χ1) is 17.2. The number of hydrogen-bond acceptors (Lipinski definition) is 8. The van der Waals surface area contributed by atoms with Crippen LogP contribution < -0.4 is 10.3 Å². The summed E-state index contributed by atoms with van der Waals surface area (Å²) in [6, 6.07) is 1.60. The van der Waals surface area contributed by atoms with Crippen LogP contribution in [-0.2, 0) is 16.4 Å². The first-order valence-corrected chi connectivity index (χ1v) is 14.1. The molecule has 3 aromatic rings. The zero-order valence-corrected chi connectivity index (χ0v) is 22.4. The monoisotopic (exact) mass is 517 g/mol. The van der Waals surface area contributed by atoms with Gasteiger partial charge in [0.2, 0.25) is 15.9 Å². The first-order valence-electron chi connectivity index (χ1n) is 12.6. The number of aromatic amines is 1. The Morgan fingerprint density at radius 3 is 2.44 bits per heavy atom. The quantitative estimate of drug-likeness (QED) is 0.459. The molecule has 1 atom stereocenters. The second-order valence-corrected chi connectivity index (χ2v) is 10.8. The lowest BCUT2D eigenvalue weighted by Gasteiger charge is -2.33. The molecule has 0 spiro atoms. The van der Waals surface area contributed by atoms with Crippen molar-refractivity contribution in [1.29, 1.82) is 0 Å². The molecule has 0 saturated carbocycles. The van der Waals surface area contributed by atoms with Gasteiger partial charge in [-0.2, -0.15) is 9.40 Å². The van der Waals surface area contributed by atoms with Crippen molar-refractivity contribution in [2.24, 2.45) is 0 Å². The molecule has 11 nitrogen and oxygen atoms in total. The van der Waals surface area contributed by atoms with Crippen LogP contribution in [0.5, 0.6) is 5.88 Å². The standard InChI is InChI=1S/C24H35N7O4S/c1-6-16(5)31-19(7-2)20-21(28-31)23(32)27-22(26-20)18-14-17(15-25-24(18)35-9-4)36(33,34)30-12-10-29(8-3)11-13-30/h14-16H,6-13H2,1-5H3,(H,26,27,32). The summed E-state index contributed by atoms with van der Waals surface area (Å²) in [6.45, 7) is 13.4. The number of aryl methyl sites for hydroxylation is 1. The number of pyridine rings is 1. The molecule has 1 saturated heterocycles. The minimum absolute atomic E-state index is 0.0414. The lowest BCUT2D eigenvalue weighted by atomic mass is 10.2. The van der Waals surface area contributed by atoms with Gasteiger partial charge in [0.05, 0.1) is 24.1 Å². The van der Waals surface area contributed by atoms with Crippen LogP contribution >= 0.6 is 0 Å². The summed E-state index contributed by atoms with van der Waals surface area (Å²) in [5, 5.41) is 4.54. The van der Waals surface area contributed by atoms with Crippen molar-refractivity contribution >= 4 is 21.1 Å². The van der Waals surface area contributed by atoms with Crippen LogP contribution in [0.25, 0.3) is 22.4 Å². The predicted octanol–water partition coefficient (Wildman–Crippen LogP) is 2.44. The summed E-state index contributed by atoms with van der Waals surface area (Å²) in [5.41, 5.74) is 1.55. The molecule has 4 rings (SSSR count). The third-order valence-corrected chi connectivity index (χ3v) is 8.64. The van der Waals surface area contributed by atoms with Crippen LogP contribution in [0.15, 0.2) is 22.0 Å². The van der Waals surface area contributed by atoms with Crippen LogP contribution in [0.4, 0.5) is 0 Å². The van der Waals surface area contributed by atoms with Crippen LogP contribution in [0.3, 0.4) is 0 Å². The number of fused-ring (bicyclic) bond motifs is 1. The predicted molar refractivity (Wildman–Crippen MR) is 138 cm³/mol. The third-order valence-electron chi connectivity index (χ3n) is 6.77. The third kappa shape index (κ3) is 4.76. The van der Waals surface area contributed by atoms with Crippen molar-refractivity contribution in [2.75, 3.05) is 39.3 Å². The highest BCUT2D eigenvalue weighted by atomic mass is 32.2. The SMILES string of the molecule is CCOc1ncc(S(=O)(=O)N2CCN(CC)CC2)cc1-c1nc2c(CC)n(C(C)CC)nc2c(=O)[nH]1. The van der Waals surface area contributed by atoms with Crippen molar-refractivity contribution in [3.05, 3.63) is 28.3 Å². The number of rotatable bonds is 9. The maximum Gasteiger partial charge on any atom is 0.279 e. The summed E-state index contributed by atoms with van der Waals surface area (Å²) in [7, 11) is -3.78. The van der Waals surface area contributed by atoms with Gasteiger partial charge in [0.15, 0.2) is 5.52 Å². The number of likely N-dealkylation sites (N-methyl/N-ethyl adjacent to an activating group) is 1. The van der Waals surface area contributed by atoms with Gasteiger partial charge in [-0.3, -0.25) is 9.48 Å². The normalized spacial score (nSPS) is 16.5. The van der Waals surface area contributed by atoms with Gasteiger partial charge in [0.1, 0.15) is 16.2 Å². The second kappa shape index (κ2) is 10.7. The molecule has 0 amide bonds. The Morgan fingerprint density at radius 1 is 1.11 bits per heavy atom. The molecular weight excluding hydrogens is 482 g/mol. The Kier molecular flexibility index (Phi) is 7.76. The fourth-order valence-electron chi connectivity index (χ4n) is 4.46. The molecule has 36 heavy (non-hydrogen) atoms. The lowest BCUT2D eigenvalue weighted by Crippen LogP contribution is -2.48. The van der Waals surface area contributed by atoms with Gasteiger partial charge in [-0.05, 0) is 39.3 Å². The average molecular weight is 518 g/mol. The highest BCUT2D eigenvalue weighted by molar-refractivity contribution is 7.89. The Bertz CT molecular complexity index is 1390. The van der Waals surface area contributed by atoms with Crippen molar-refractivity contribution in [3.8, 4) is 17.3 Å². The number of ether oxygens (including phenoxy) is 1. The van der Waals surface area contributed by atoms with Crippen LogP contribution in [0.2, 0.25) is 0 Å². The highest BCUT2D eigenvalue weighted by Crippen LogP contribution is 2.30. The molecule has 0 bridgehead atoms. The largest absolute Gasteiger partial charge is 0.477 e. The van der Waals surface area contributed by atoms with Crippen LogP contribution in [-0.4, -0.2) is 81.7 Å². The number of H-pyrrole nitrogens is 1. The molecule has 1 aliphatic heterocycles. The number of piperazine rings is 1. The van der Waals surface area contributed by atoms with E-state index in [1.54, 1.807) is 0 Å². The van der Waals surface area contributed by atoms with Gasteiger partial charge in [0, 0.05) is 32.2 Å². The molecule has 196 valence electrons. The number of nitrogens with one attached hydrogen (secondary N) is 1. The van der Waals surface area contributed by atoms with Gasteiger partial charge in [-0.1, -0.05) is 20.8 Å². The van der Waals surface area contributed by atoms with E-state index >= 15 is 0 Å². The molecule has 3 aromatic heterocycles. The van der Waals surface area contributed by atoms with Crippen molar-refractivity contribution in [2.45, 2.75) is 58.4 Å². The molecule has 0 aliphatic carbocycles. The van der Waals surface area contributed by atoms with E-state index in [4.69, 9.17) is 9.72 Å². The fourth-order valence-corrected chi connectivity index (χ4v) is 5.86. The zero-order chi connectivity index (χ0) is 26.0. The van der Waals surface area contributed by atoms with E-state index in [2.05, 4.69) is 33.8 Å². The average Bonchev–Trinajstić information content (AvgIpc) is 3.27. The molecular formula is C24H35N7O4S. The van der Waals surface area contributed by atoms with Crippen LogP contribution in [0.1, 0.15) is 52.8 Å². The van der Waals surface area contributed by atoms with Gasteiger partial charge < -0.3 is 14.6 Å². The highest BCUT2D eigenvalue weighted by Gasteiger charge is 2.30. The van der Waals surface area contributed by atoms with Crippen molar-refractivity contribution in [3.63, 3.8) is 0 Å². The van der Waals surface area contributed by atoms with E-state index in [1.165, 1.54) is 16.6 Å². The van der Waals surface area contributed by atoms with Gasteiger partial charge >= 0.3 is 0 Å². The smallest absolute Gasteiger partial charge is 0.279 e. The first kappa shape index (κ1) is 26.2. The van der Waals surface area contributed by atoms with E-state index in [1.807, 2.05) is 25.5 Å². The Labute approximate surface area is 211 Å². The topological polar surface area (TPSA) is 126 Å². The number of sulfonamides is 1. The number of nitrogens with zero attached hydrogens (tertiary/aromatic N) is 6. The number of hydrogen-bond donors (Lipinski definition) is 1. The summed E-state index contributed by atoms with van der Waals surface area (Å²) < 4.78 is 35.9. The molecule has 0 radical (unpaired) electrons. The van der Waals surface area contributed by atoms with Crippen LogP contribution in [0, 0.1) is 0 Å². The minimum Gasteiger partial charge on any atom is -0.477 e. The van der Waals surface area contributed by atoms with Crippen molar-refractivity contribution in [1.82, 2.24) is 33.9 Å². The molecule has 0 aromatic carbocycles. The zero-order valence-electron chi connectivity index (χ0n) is 21.6. The van der Waals surface area contributed by atoms with E-state index in [0.29, 0.717) is 50.3 Å². The Balaban J connectivity index is 1.83. The maximum atomic E-state index is 13.4. The molecule has 1 unspecified atom stereocenters. The Morgan fingerprint density at radius 2 is 1.83 bits per heavy atom. The van der Waals surface area contributed by atoms with Gasteiger partial charge in [0.25, 0.3) is 5.56 Å². The number of aromatic nitrogens is 5. The van der Waals surface area contributed by atoms with Crippen molar-refractivity contribution < 1.29 is 13.2 Å². The summed E-state index contributed by atoms with van der Waals surface area (Å²) in [6.07, 6.45) is 2.81. The minimum atomic E-state index is -3.78. The van der Waals surface area contributed by atoms with E-state index in [9.17, 15) is 13.2 Å². The summed E-state index contributed by atoms with van der Waals surface area (Å²) >= 11 is 0. The fraction of sp³-hybridized carbons (Fsp3) is 0.583. The summed E-state index contributed by atoms with van der Waals surface area (Å²) in [4.78, 5) is 27.1. The van der Waals surface area contributed by atoms with E-state index in [-0.39, 0.29) is 28.2 Å². The van der Waals surface area contributed by atoms with Gasteiger partial charge in [-0.15, -0.1) is 0 Å². The molecule has 1 fully saturated rings. The molecule has 12 heteroatoms. The van der Waals surface area contributed by atoms with E-state index in [0.717, 1.165) is 18.7 Å². The Hall–Kier alpha value is -2.83. The van der Waals surface area contributed by atoms with E-state index < -0.39 is 15.6 Å². The molecule has 4 heterocycles.